The second-order valence-electron chi connectivity index (χ2n) is 6.02. The molecule has 4 heteroatoms. The molecule has 1 N–H and O–H groups in total. The van der Waals surface area contributed by atoms with Gasteiger partial charge >= 0.3 is 0 Å². The van der Waals surface area contributed by atoms with Gasteiger partial charge < -0.3 is 5.32 Å². The van der Waals surface area contributed by atoms with Crippen molar-refractivity contribution in [2.75, 3.05) is 13.1 Å². The molecule has 0 radical (unpaired) electrons. The number of rotatable bonds is 7. The number of hydrogen-bond acceptors (Lipinski definition) is 2. The van der Waals surface area contributed by atoms with Crippen LogP contribution >= 0.6 is 11.6 Å². The quantitative estimate of drug-likeness (QED) is 0.775. The summed E-state index contributed by atoms with van der Waals surface area (Å²) in [6.07, 6.45) is 6.36. The van der Waals surface area contributed by atoms with E-state index in [2.05, 4.69) is 28.9 Å². The van der Waals surface area contributed by atoms with Crippen LogP contribution in [0.25, 0.3) is 0 Å². The fourth-order valence-electron chi connectivity index (χ4n) is 3.43. The van der Waals surface area contributed by atoms with E-state index >= 15 is 0 Å². The van der Waals surface area contributed by atoms with E-state index < -0.39 is 0 Å². The molecular weight excluding hydrogens is 270 g/mol. The molecule has 1 aliphatic carbocycles. The third-order valence-corrected chi connectivity index (χ3v) is 5.05. The van der Waals surface area contributed by atoms with Gasteiger partial charge in [0.25, 0.3) is 0 Å². The maximum absolute atomic E-state index is 6.45. The van der Waals surface area contributed by atoms with Crippen LogP contribution in [0.15, 0.2) is 0 Å². The number of hydrogen-bond donors (Lipinski definition) is 1. The Morgan fingerprint density at radius 3 is 2.75 bits per heavy atom. The Bertz CT molecular complexity index is 428. The van der Waals surface area contributed by atoms with Gasteiger partial charge in [-0.05, 0) is 64.5 Å². The topological polar surface area (TPSA) is 29.9 Å². The Morgan fingerprint density at radius 2 is 2.05 bits per heavy atom. The Morgan fingerprint density at radius 1 is 1.30 bits per heavy atom. The van der Waals surface area contributed by atoms with Gasteiger partial charge in [-0.2, -0.15) is 5.10 Å². The van der Waals surface area contributed by atoms with Crippen LogP contribution in [0.1, 0.15) is 50.9 Å². The van der Waals surface area contributed by atoms with Crippen LogP contribution in [-0.2, 0) is 13.0 Å². The van der Waals surface area contributed by atoms with E-state index in [0.717, 1.165) is 48.6 Å². The van der Waals surface area contributed by atoms with Crippen LogP contribution in [0.2, 0.25) is 5.02 Å². The summed E-state index contributed by atoms with van der Waals surface area (Å²) in [6, 6.07) is 0. The summed E-state index contributed by atoms with van der Waals surface area (Å²) in [5.41, 5.74) is 2.22. The van der Waals surface area contributed by atoms with Crippen molar-refractivity contribution in [1.29, 1.82) is 0 Å². The van der Waals surface area contributed by atoms with Crippen molar-refractivity contribution >= 4 is 11.6 Å². The molecule has 1 aromatic rings. The minimum atomic E-state index is 0.762. The van der Waals surface area contributed by atoms with E-state index in [1.165, 1.54) is 31.4 Å². The predicted octanol–water partition coefficient (Wildman–Crippen LogP) is 3.82. The first kappa shape index (κ1) is 15.8. The smallest absolute Gasteiger partial charge is 0.0847 e. The highest BCUT2D eigenvalue weighted by molar-refractivity contribution is 6.31. The fourth-order valence-corrected chi connectivity index (χ4v) is 3.64. The van der Waals surface area contributed by atoms with Gasteiger partial charge in [-0.15, -0.1) is 0 Å². The molecule has 2 atom stereocenters. The summed E-state index contributed by atoms with van der Waals surface area (Å²) in [4.78, 5) is 0. The molecule has 0 aromatic carbocycles. The van der Waals surface area contributed by atoms with Crippen molar-refractivity contribution in [3.05, 3.63) is 16.4 Å². The molecule has 20 heavy (non-hydrogen) atoms. The van der Waals surface area contributed by atoms with E-state index in [0.29, 0.717) is 0 Å². The molecule has 0 aliphatic heterocycles. The Balaban J connectivity index is 2.01. The van der Waals surface area contributed by atoms with Crippen molar-refractivity contribution in [3.63, 3.8) is 0 Å². The van der Waals surface area contributed by atoms with Crippen LogP contribution in [0.5, 0.6) is 0 Å². The summed E-state index contributed by atoms with van der Waals surface area (Å²) in [6.45, 7) is 9.58. The average Bonchev–Trinajstić information content (AvgIpc) is 2.99. The normalized spacial score (nSPS) is 22.6. The van der Waals surface area contributed by atoms with Crippen LogP contribution in [0, 0.1) is 18.8 Å². The zero-order valence-electron chi connectivity index (χ0n) is 13.1. The third kappa shape index (κ3) is 3.56. The number of halogens is 1. The number of nitrogens with zero attached hydrogens (tertiary/aromatic N) is 2. The summed E-state index contributed by atoms with van der Waals surface area (Å²) >= 11 is 6.45. The SMILES string of the molecule is CCCNCC1CCCC1Cc1c(Cl)c(C)nn1CC. The minimum absolute atomic E-state index is 0.762. The van der Waals surface area contributed by atoms with Gasteiger partial charge in [0.05, 0.1) is 16.4 Å². The molecule has 1 heterocycles. The number of aryl methyl sites for hydroxylation is 2. The van der Waals surface area contributed by atoms with E-state index in [1.54, 1.807) is 0 Å². The maximum Gasteiger partial charge on any atom is 0.0847 e. The molecule has 1 fully saturated rings. The van der Waals surface area contributed by atoms with Crippen LogP contribution in [0.3, 0.4) is 0 Å². The minimum Gasteiger partial charge on any atom is -0.316 e. The van der Waals surface area contributed by atoms with Gasteiger partial charge in [-0.1, -0.05) is 24.9 Å². The van der Waals surface area contributed by atoms with E-state index in [9.17, 15) is 0 Å². The lowest BCUT2D eigenvalue weighted by Gasteiger charge is -2.20. The molecule has 0 amide bonds. The highest BCUT2D eigenvalue weighted by Crippen LogP contribution is 2.35. The van der Waals surface area contributed by atoms with Crippen LogP contribution in [-0.4, -0.2) is 22.9 Å². The largest absolute Gasteiger partial charge is 0.316 e. The summed E-state index contributed by atoms with van der Waals surface area (Å²) in [5, 5.41) is 9.01. The fraction of sp³-hybridized carbons (Fsp3) is 0.812. The molecule has 0 spiro atoms. The second kappa shape index (κ2) is 7.46. The highest BCUT2D eigenvalue weighted by atomic mass is 35.5. The van der Waals surface area contributed by atoms with Gasteiger partial charge in [-0.25, -0.2) is 0 Å². The summed E-state index contributed by atoms with van der Waals surface area (Å²) < 4.78 is 2.09. The lowest BCUT2D eigenvalue weighted by Crippen LogP contribution is -2.27. The van der Waals surface area contributed by atoms with E-state index in [4.69, 9.17) is 11.6 Å². The number of aromatic nitrogens is 2. The van der Waals surface area contributed by atoms with Crippen molar-refractivity contribution in [2.45, 2.75) is 59.4 Å². The average molecular weight is 298 g/mol. The van der Waals surface area contributed by atoms with Crippen molar-refractivity contribution in [3.8, 4) is 0 Å². The van der Waals surface area contributed by atoms with Crippen molar-refractivity contribution in [1.82, 2.24) is 15.1 Å². The summed E-state index contributed by atoms with van der Waals surface area (Å²) in [7, 11) is 0. The van der Waals surface area contributed by atoms with E-state index in [-0.39, 0.29) is 0 Å². The Kier molecular flexibility index (Phi) is 5.91. The van der Waals surface area contributed by atoms with E-state index in [1.807, 2.05) is 6.92 Å². The zero-order valence-corrected chi connectivity index (χ0v) is 13.8. The highest BCUT2D eigenvalue weighted by Gasteiger charge is 2.29. The van der Waals surface area contributed by atoms with Crippen molar-refractivity contribution in [2.24, 2.45) is 11.8 Å². The molecule has 3 nitrogen and oxygen atoms in total. The van der Waals surface area contributed by atoms with Crippen LogP contribution in [0.4, 0.5) is 0 Å². The number of nitrogens with one attached hydrogen (secondary N) is 1. The third-order valence-electron chi connectivity index (χ3n) is 4.56. The Labute approximate surface area is 128 Å². The molecule has 114 valence electrons. The first-order valence-corrected chi connectivity index (χ1v) is 8.47. The van der Waals surface area contributed by atoms with Gasteiger partial charge in [0.1, 0.15) is 0 Å². The van der Waals surface area contributed by atoms with Gasteiger partial charge in [0.2, 0.25) is 0 Å². The first-order chi connectivity index (χ1) is 9.67. The molecule has 1 aliphatic rings. The molecule has 0 bridgehead atoms. The van der Waals surface area contributed by atoms with Crippen molar-refractivity contribution < 1.29 is 0 Å². The molecule has 1 aromatic heterocycles. The van der Waals surface area contributed by atoms with Crippen LogP contribution < -0.4 is 5.32 Å². The molecule has 0 saturated heterocycles. The van der Waals surface area contributed by atoms with Gasteiger partial charge in [-0.3, -0.25) is 4.68 Å². The lowest BCUT2D eigenvalue weighted by molar-refractivity contribution is 0.357. The van der Waals surface area contributed by atoms with Gasteiger partial charge in [0, 0.05) is 6.54 Å². The van der Waals surface area contributed by atoms with Gasteiger partial charge in [0.15, 0.2) is 0 Å². The molecule has 2 rings (SSSR count). The zero-order chi connectivity index (χ0) is 14.5. The lowest BCUT2D eigenvalue weighted by atomic mass is 9.91. The second-order valence-corrected chi connectivity index (χ2v) is 6.40. The Hall–Kier alpha value is -0.540. The molecule has 2 unspecified atom stereocenters. The standard InChI is InChI=1S/C16H28ClN3/c1-4-9-18-11-14-8-6-7-13(14)10-15-16(17)12(3)19-20(15)5-2/h13-14,18H,4-11H2,1-3H3. The first-order valence-electron chi connectivity index (χ1n) is 8.09. The molecular formula is C16H28ClN3. The molecule has 1 saturated carbocycles. The summed E-state index contributed by atoms with van der Waals surface area (Å²) in [5.74, 6) is 1.57. The predicted molar refractivity (Wildman–Crippen MR) is 85.3 cm³/mol. The maximum atomic E-state index is 6.45. The monoisotopic (exact) mass is 297 g/mol.